The molecular weight excluding hydrogens is 488 g/mol. The van der Waals surface area contributed by atoms with E-state index >= 15 is 0 Å². The first-order valence-corrected chi connectivity index (χ1v) is 12.9. The molecule has 4 aromatic carbocycles. The lowest BCUT2D eigenvalue weighted by atomic mass is 10.0. The van der Waals surface area contributed by atoms with Crippen molar-refractivity contribution in [2.75, 3.05) is 14.2 Å². The highest BCUT2D eigenvalue weighted by molar-refractivity contribution is 5.93. The highest BCUT2D eigenvalue weighted by Gasteiger charge is 2.22. The zero-order valence-electron chi connectivity index (χ0n) is 22.7. The van der Waals surface area contributed by atoms with E-state index in [1.165, 1.54) is 0 Å². The number of aryl methyl sites for hydroxylation is 1. The van der Waals surface area contributed by atoms with Crippen molar-refractivity contribution in [3.8, 4) is 34.3 Å². The predicted octanol–water partition coefficient (Wildman–Crippen LogP) is 8.62. The van der Waals surface area contributed by atoms with Gasteiger partial charge in [0, 0.05) is 16.5 Å². The van der Waals surface area contributed by atoms with Crippen LogP contribution in [0.3, 0.4) is 0 Å². The second-order valence-corrected chi connectivity index (χ2v) is 9.21. The highest BCUT2D eigenvalue weighted by atomic mass is 16.5. The average Bonchev–Trinajstić information content (AvgIpc) is 3.31. The van der Waals surface area contributed by atoms with Gasteiger partial charge in [0.2, 0.25) is 5.75 Å². The van der Waals surface area contributed by atoms with Gasteiger partial charge in [-0.25, -0.2) is 0 Å². The fraction of sp³-hybridized carbons (Fsp3) is 0.176. The van der Waals surface area contributed by atoms with Crippen molar-refractivity contribution < 1.29 is 23.4 Å². The molecule has 0 aliphatic carbocycles. The maximum absolute atomic E-state index is 6.43. The lowest BCUT2D eigenvalue weighted by molar-refractivity contribution is 0.244. The molecule has 1 aromatic heterocycles. The van der Waals surface area contributed by atoms with E-state index in [4.69, 9.17) is 23.4 Å². The van der Waals surface area contributed by atoms with Crippen molar-refractivity contribution in [1.29, 1.82) is 0 Å². The lowest BCUT2D eigenvalue weighted by Crippen LogP contribution is -2.03. The van der Waals surface area contributed by atoms with Crippen LogP contribution in [0.25, 0.3) is 28.4 Å². The van der Waals surface area contributed by atoms with Crippen LogP contribution in [0.4, 0.5) is 0 Å². The maximum Gasteiger partial charge on any atom is 0.203 e. The Hall–Kier alpha value is -4.64. The summed E-state index contributed by atoms with van der Waals surface area (Å²) in [4.78, 5) is 0. The second kappa shape index (κ2) is 11.8. The van der Waals surface area contributed by atoms with Gasteiger partial charge in [-0.15, -0.1) is 0 Å². The van der Waals surface area contributed by atoms with Gasteiger partial charge >= 0.3 is 0 Å². The molecule has 0 saturated heterocycles. The molecule has 1 heterocycles. The van der Waals surface area contributed by atoms with E-state index in [1.54, 1.807) is 14.2 Å². The van der Waals surface area contributed by atoms with Gasteiger partial charge in [-0.05, 0) is 54.8 Å². The Kier molecular flexibility index (Phi) is 7.88. The van der Waals surface area contributed by atoms with Crippen LogP contribution in [0.15, 0.2) is 95.4 Å². The third kappa shape index (κ3) is 5.63. The quantitative estimate of drug-likeness (QED) is 0.184. The van der Waals surface area contributed by atoms with Crippen LogP contribution in [0, 0.1) is 6.92 Å². The summed E-state index contributed by atoms with van der Waals surface area (Å²) in [5, 5.41) is 0.993. The largest absolute Gasteiger partial charge is 0.493 e. The van der Waals surface area contributed by atoms with Crippen molar-refractivity contribution >= 4 is 17.0 Å². The molecule has 198 valence electrons. The standard InChI is InChI=1S/C34H32O5/c1-5-12-26-17-28-23(2)32(39-33(28)29(18-26)35-3)27-19-30(36-4)34(38-22-25-15-10-7-11-16-25)31(20-27)37-21-24-13-8-6-9-14-24/h5-20H,21-22H2,1-4H3/b12-5+. The molecule has 0 unspecified atom stereocenters. The summed E-state index contributed by atoms with van der Waals surface area (Å²) >= 11 is 0. The van der Waals surface area contributed by atoms with Crippen LogP contribution in [0.5, 0.6) is 23.0 Å². The molecule has 0 atom stereocenters. The number of hydrogen-bond acceptors (Lipinski definition) is 5. The predicted molar refractivity (Wildman–Crippen MR) is 156 cm³/mol. The number of methoxy groups -OCH3 is 2. The number of hydrogen-bond donors (Lipinski definition) is 0. The summed E-state index contributed by atoms with van der Waals surface area (Å²) in [5.74, 6) is 3.09. The van der Waals surface area contributed by atoms with E-state index in [1.807, 2.05) is 97.9 Å². The SMILES string of the molecule is C/C=C/c1cc(OC)c2oc(-c3cc(OC)c(OCc4ccccc4)c(OCc4ccccc4)c3)c(C)c2c1. The number of fused-ring (bicyclic) bond motifs is 1. The molecule has 0 aliphatic heterocycles. The molecular formula is C34H32O5. The normalized spacial score (nSPS) is 11.2. The van der Waals surface area contributed by atoms with Gasteiger partial charge in [-0.1, -0.05) is 72.8 Å². The van der Waals surface area contributed by atoms with Crippen LogP contribution in [-0.4, -0.2) is 14.2 Å². The first-order valence-electron chi connectivity index (χ1n) is 12.9. The Morgan fingerprint density at radius 3 is 1.95 bits per heavy atom. The Morgan fingerprint density at radius 1 is 0.718 bits per heavy atom. The summed E-state index contributed by atoms with van der Waals surface area (Å²) in [6, 6.07) is 28.0. The van der Waals surface area contributed by atoms with Gasteiger partial charge in [-0.3, -0.25) is 0 Å². The Labute approximate surface area is 229 Å². The second-order valence-electron chi connectivity index (χ2n) is 9.21. The number of furan rings is 1. The minimum Gasteiger partial charge on any atom is -0.493 e. The zero-order chi connectivity index (χ0) is 27.2. The van der Waals surface area contributed by atoms with E-state index in [0.717, 1.165) is 39.0 Å². The Morgan fingerprint density at radius 2 is 1.33 bits per heavy atom. The summed E-state index contributed by atoms with van der Waals surface area (Å²) in [7, 11) is 3.29. The molecule has 5 heteroatoms. The third-order valence-electron chi connectivity index (χ3n) is 6.57. The van der Waals surface area contributed by atoms with E-state index in [2.05, 4.69) is 13.0 Å². The molecule has 0 radical (unpaired) electrons. The van der Waals surface area contributed by atoms with Crippen LogP contribution in [-0.2, 0) is 13.2 Å². The minimum atomic E-state index is 0.382. The fourth-order valence-corrected chi connectivity index (χ4v) is 4.60. The molecule has 39 heavy (non-hydrogen) atoms. The first-order chi connectivity index (χ1) is 19.1. The number of benzene rings is 4. The van der Waals surface area contributed by atoms with E-state index in [0.29, 0.717) is 41.8 Å². The molecule has 5 aromatic rings. The molecule has 0 saturated carbocycles. The van der Waals surface area contributed by atoms with Gasteiger partial charge < -0.3 is 23.4 Å². The van der Waals surface area contributed by atoms with Crippen molar-refractivity contribution in [3.05, 3.63) is 113 Å². The van der Waals surface area contributed by atoms with Gasteiger partial charge in [0.05, 0.1) is 14.2 Å². The molecule has 0 N–H and O–H groups in total. The van der Waals surface area contributed by atoms with E-state index in [-0.39, 0.29) is 0 Å². The van der Waals surface area contributed by atoms with E-state index < -0.39 is 0 Å². The topological polar surface area (TPSA) is 50.1 Å². The summed E-state index contributed by atoms with van der Waals surface area (Å²) in [6.45, 7) is 4.81. The lowest BCUT2D eigenvalue weighted by Gasteiger charge is -2.17. The summed E-state index contributed by atoms with van der Waals surface area (Å²) in [6.07, 6.45) is 4.05. The minimum absolute atomic E-state index is 0.382. The maximum atomic E-state index is 6.43. The van der Waals surface area contributed by atoms with Crippen LogP contribution in [0.1, 0.15) is 29.2 Å². The van der Waals surface area contributed by atoms with Gasteiger partial charge in [0.1, 0.15) is 19.0 Å². The Bertz CT molecular complexity index is 1580. The van der Waals surface area contributed by atoms with Crippen LogP contribution in [0.2, 0.25) is 0 Å². The Balaban J connectivity index is 1.60. The molecule has 0 fully saturated rings. The van der Waals surface area contributed by atoms with Crippen molar-refractivity contribution in [2.45, 2.75) is 27.1 Å². The molecule has 0 spiro atoms. The fourth-order valence-electron chi connectivity index (χ4n) is 4.60. The smallest absolute Gasteiger partial charge is 0.203 e. The summed E-state index contributed by atoms with van der Waals surface area (Å²) in [5.41, 5.74) is 5.68. The monoisotopic (exact) mass is 520 g/mol. The van der Waals surface area contributed by atoms with Crippen molar-refractivity contribution in [2.24, 2.45) is 0 Å². The summed E-state index contributed by atoms with van der Waals surface area (Å²) < 4.78 is 30.5. The zero-order valence-corrected chi connectivity index (χ0v) is 22.7. The number of rotatable bonds is 10. The third-order valence-corrected chi connectivity index (χ3v) is 6.57. The molecule has 5 rings (SSSR count). The van der Waals surface area contributed by atoms with Crippen molar-refractivity contribution in [3.63, 3.8) is 0 Å². The van der Waals surface area contributed by atoms with Gasteiger partial charge in [0.25, 0.3) is 0 Å². The molecule has 0 aliphatic rings. The number of allylic oxidation sites excluding steroid dienone is 1. The molecule has 0 bridgehead atoms. The average molecular weight is 521 g/mol. The first kappa shape index (κ1) is 26.0. The van der Waals surface area contributed by atoms with Crippen LogP contribution < -0.4 is 18.9 Å². The molecule has 0 amide bonds. The van der Waals surface area contributed by atoms with E-state index in [9.17, 15) is 0 Å². The van der Waals surface area contributed by atoms with Crippen molar-refractivity contribution in [1.82, 2.24) is 0 Å². The van der Waals surface area contributed by atoms with Crippen LogP contribution >= 0.6 is 0 Å². The van der Waals surface area contributed by atoms with Gasteiger partial charge in [0.15, 0.2) is 22.8 Å². The molecule has 5 nitrogen and oxygen atoms in total. The number of ether oxygens (including phenoxy) is 4. The highest BCUT2D eigenvalue weighted by Crippen LogP contribution is 2.45. The van der Waals surface area contributed by atoms with Gasteiger partial charge in [-0.2, -0.15) is 0 Å².